The minimum atomic E-state index is 0.887. The Balaban J connectivity index is 2.22. The standard InChI is InChI=1S/C13H11O.Na/c1-11-6-5-9-13(10-11)14-12-7-3-2-4-8-12;/h2-5,7-10H,1H3;. The normalized spacial score (nSPS) is 10.1. The number of benzene rings is 2. The molecule has 2 heteroatoms. The summed E-state index contributed by atoms with van der Waals surface area (Å²) >= 11 is 1.09. The van der Waals surface area contributed by atoms with Gasteiger partial charge in [-0.25, -0.2) is 0 Å². The molecule has 15 heavy (non-hydrogen) atoms. The van der Waals surface area contributed by atoms with Crippen molar-refractivity contribution in [3.8, 4) is 11.5 Å². The predicted molar refractivity (Wildman–Crippen MR) is 63.1 cm³/mol. The number of hydrogen-bond acceptors (Lipinski definition) is 1. The quantitative estimate of drug-likeness (QED) is 0.686. The topological polar surface area (TPSA) is 9.23 Å². The molecule has 0 N–H and O–H groups in total. The van der Waals surface area contributed by atoms with Crippen LogP contribution in [0.5, 0.6) is 11.5 Å². The van der Waals surface area contributed by atoms with Crippen LogP contribution in [-0.2, 0) is 0 Å². The summed E-state index contributed by atoms with van der Waals surface area (Å²) in [5.41, 5.74) is 1.31. The molecular weight excluding hydrogens is 195 g/mol. The number of ether oxygens (including phenoxy) is 1. The molecule has 0 saturated carbocycles. The van der Waals surface area contributed by atoms with E-state index in [-0.39, 0.29) is 0 Å². The van der Waals surface area contributed by atoms with Gasteiger partial charge in [0.2, 0.25) is 0 Å². The second-order valence-corrected chi connectivity index (χ2v) is 4.74. The van der Waals surface area contributed by atoms with Gasteiger partial charge < -0.3 is 0 Å². The first-order chi connectivity index (χ1) is 7.25. The third-order valence-corrected chi connectivity index (χ3v) is 3.58. The van der Waals surface area contributed by atoms with Crippen molar-refractivity contribution in [3.63, 3.8) is 0 Å². The molecule has 70 valence electrons. The van der Waals surface area contributed by atoms with Crippen LogP contribution in [0.3, 0.4) is 0 Å². The van der Waals surface area contributed by atoms with Crippen molar-refractivity contribution in [1.29, 1.82) is 0 Å². The van der Waals surface area contributed by atoms with Crippen molar-refractivity contribution in [2.75, 3.05) is 0 Å². The number of para-hydroxylation sites is 1. The van der Waals surface area contributed by atoms with E-state index in [2.05, 4.69) is 19.1 Å². The summed E-state index contributed by atoms with van der Waals surface area (Å²) in [5.74, 6) is 1.80. The molecule has 0 aliphatic rings. The molecule has 0 amide bonds. The molecular formula is C13H11NaO. The van der Waals surface area contributed by atoms with Gasteiger partial charge in [-0.2, -0.15) is 0 Å². The van der Waals surface area contributed by atoms with Crippen LogP contribution in [0.1, 0.15) is 5.56 Å². The molecule has 2 aromatic carbocycles. The Bertz CT molecular complexity index is 451. The summed E-state index contributed by atoms with van der Waals surface area (Å²) in [5, 5.41) is 0. The fraction of sp³-hybridized carbons (Fsp3) is 0.0769. The first-order valence-electron chi connectivity index (χ1n) is 5.06. The van der Waals surface area contributed by atoms with Gasteiger partial charge in [0.15, 0.2) is 0 Å². The van der Waals surface area contributed by atoms with E-state index in [1.54, 1.807) is 0 Å². The number of rotatable bonds is 2. The van der Waals surface area contributed by atoms with E-state index in [1.165, 1.54) is 8.38 Å². The van der Waals surface area contributed by atoms with Crippen LogP contribution in [0.15, 0.2) is 48.5 Å². The van der Waals surface area contributed by atoms with E-state index in [1.807, 2.05) is 36.4 Å². The minimum absolute atomic E-state index is 0.887. The van der Waals surface area contributed by atoms with Gasteiger partial charge in [-0.15, -0.1) is 0 Å². The Morgan fingerprint density at radius 3 is 2.33 bits per heavy atom. The fourth-order valence-electron chi connectivity index (χ4n) is 1.40. The molecule has 0 heterocycles. The number of hydrogen-bond donors (Lipinski definition) is 0. The first kappa shape index (κ1) is 10.7. The number of aryl methyl sites for hydroxylation is 1. The Labute approximate surface area is 108 Å². The molecule has 2 rings (SSSR count). The van der Waals surface area contributed by atoms with Gasteiger partial charge in [0.05, 0.1) is 0 Å². The van der Waals surface area contributed by atoms with Crippen LogP contribution in [0.25, 0.3) is 0 Å². The molecule has 0 aromatic heterocycles. The van der Waals surface area contributed by atoms with E-state index in [0.717, 1.165) is 39.4 Å². The average molecular weight is 206 g/mol. The summed E-state index contributed by atoms with van der Waals surface area (Å²) in [6.07, 6.45) is 0. The van der Waals surface area contributed by atoms with Crippen molar-refractivity contribution in [1.82, 2.24) is 0 Å². The Morgan fingerprint density at radius 1 is 0.933 bits per heavy atom. The van der Waals surface area contributed by atoms with Gasteiger partial charge in [0.1, 0.15) is 0 Å². The van der Waals surface area contributed by atoms with E-state index < -0.39 is 0 Å². The summed E-state index contributed by atoms with van der Waals surface area (Å²) in [6.45, 7) is 2.13. The van der Waals surface area contributed by atoms with Crippen LogP contribution >= 0.6 is 0 Å². The van der Waals surface area contributed by atoms with Gasteiger partial charge in [0.25, 0.3) is 0 Å². The van der Waals surface area contributed by atoms with Crippen molar-refractivity contribution in [3.05, 3.63) is 54.1 Å². The molecule has 0 aliphatic heterocycles. The molecule has 0 spiro atoms. The second kappa shape index (κ2) is 4.84. The SMILES string of the molecule is Cc1cc(Oc2ccccc2)cc[c]1[Na]. The Hall–Kier alpha value is -0.760. The maximum absolute atomic E-state index is 5.73. The van der Waals surface area contributed by atoms with Crippen LogP contribution < -0.4 is 7.55 Å². The predicted octanol–water partition coefficient (Wildman–Crippen LogP) is 2.58. The first-order valence-corrected chi connectivity index (χ1v) is 6.06. The molecule has 0 saturated heterocycles. The van der Waals surface area contributed by atoms with E-state index in [4.69, 9.17) is 4.74 Å². The Morgan fingerprint density at radius 2 is 1.67 bits per heavy atom. The maximum atomic E-state index is 5.73. The zero-order valence-electron chi connectivity index (χ0n) is 9.03. The Kier molecular flexibility index (Phi) is 3.47. The van der Waals surface area contributed by atoms with Gasteiger partial charge in [-0.3, -0.25) is 0 Å². The zero-order valence-corrected chi connectivity index (χ0v) is 11.0. The van der Waals surface area contributed by atoms with Gasteiger partial charge in [-0.05, 0) is 0 Å². The van der Waals surface area contributed by atoms with E-state index >= 15 is 0 Å². The molecule has 1 nitrogen and oxygen atoms in total. The monoisotopic (exact) mass is 206 g/mol. The third kappa shape index (κ3) is 2.85. The molecule has 0 radical (unpaired) electrons. The molecule has 0 aliphatic carbocycles. The van der Waals surface area contributed by atoms with E-state index in [9.17, 15) is 0 Å². The molecule has 0 bridgehead atoms. The van der Waals surface area contributed by atoms with Gasteiger partial charge in [-0.1, -0.05) is 0 Å². The second-order valence-electron chi connectivity index (χ2n) is 3.66. The summed E-state index contributed by atoms with van der Waals surface area (Å²) in [6, 6.07) is 16.1. The van der Waals surface area contributed by atoms with Gasteiger partial charge in [0, 0.05) is 0 Å². The van der Waals surface area contributed by atoms with Crippen molar-refractivity contribution < 1.29 is 4.74 Å². The van der Waals surface area contributed by atoms with Crippen molar-refractivity contribution in [2.45, 2.75) is 6.92 Å². The summed E-state index contributed by atoms with van der Waals surface area (Å²) in [7, 11) is 0. The van der Waals surface area contributed by atoms with Crippen LogP contribution in [0, 0.1) is 6.92 Å². The third-order valence-electron chi connectivity index (χ3n) is 2.46. The molecule has 0 atom stereocenters. The molecule has 0 fully saturated rings. The van der Waals surface area contributed by atoms with Crippen LogP contribution in [0.2, 0.25) is 0 Å². The van der Waals surface area contributed by atoms with Crippen molar-refractivity contribution >= 4 is 30.7 Å². The zero-order chi connectivity index (χ0) is 10.7. The average Bonchev–Trinajstić information content (AvgIpc) is 2.25. The van der Waals surface area contributed by atoms with E-state index in [0.29, 0.717) is 0 Å². The fourth-order valence-corrected chi connectivity index (χ4v) is 1.71. The summed E-state index contributed by atoms with van der Waals surface area (Å²) < 4.78 is 7.16. The van der Waals surface area contributed by atoms with Crippen LogP contribution in [-0.4, -0.2) is 27.9 Å². The van der Waals surface area contributed by atoms with Crippen LogP contribution in [0.4, 0.5) is 0 Å². The van der Waals surface area contributed by atoms with Crippen molar-refractivity contribution in [2.24, 2.45) is 0 Å². The molecule has 2 aromatic rings. The summed E-state index contributed by atoms with van der Waals surface area (Å²) in [4.78, 5) is 0. The molecule has 0 unspecified atom stereocenters. The van der Waals surface area contributed by atoms with Gasteiger partial charge >= 0.3 is 108 Å².